The summed E-state index contributed by atoms with van der Waals surface area (Å²) in [7, 11) is 1.90. The van der Waals surface area contributed by atoms with Gasteiger partial charge in [-0.1, -0.05) is 24.3 Å². The maximum Gasteiger partial charge on any atom is 0.311 e. The zero-order chi connectivity index (χ0) is 27.5. The Bertz CT molecular complexity index is 1690. The largest absolute Gasteiger partial charge is 0.466 e. The normalized spacial score (nSPS) is 10.9. The number of ether oxygens (including phenoxy) is 1. The first-order valence-corrected chi connectivity index (χ1v) is 13.3. The number of nitriles is 1. The SMILES string of the molecule is CCOC(=O)Cc1ccc(-c2ccc3nc(CC)c(N(C)c4nc(-c5ccc(F)cc5)c(C#N)s4)n3c2)cn1. The van der Waals surface area contributed by atoms with Crippen molar-refractivity contribution in [1.82, 2.24) is 19.4 Å². The van der Waals surface area contributed by atoms with E-state index in [1.807, 2.05) is 53.7 Å². The summed E-state index contributed by atoms with van der Waals surface area (Å²) in [4.78, 5) is 28.2. The number of anilines is 2. The van der Waals surface area contributed by atoms with Gasteiger partial charge >= 0.3 is 5.97 Å². The third-order valence-corrected chi connectivity index (χ3v) is 7.26. The molecule has 0 unspecified atom stereocenters. The van der Waals surface area contributed by atoms with E-state index in [4.69, 9.17) is 14.7 Å². The second kappa shape index (κ2) is 11.0. The van der Waals surface area contributed by atoms with Gasteiger partial charge in [-0.25, -0.2) is 14.4 Å². The Kier molecular flexibility index (Phi) is 7.34. The van der Waals surface area contributed by atoms with Gasteiger partial charge < -0.3 is 9.64 Å². The summed E-state index contributed by atoms with van der Waals surface area (Å²) in [5.74, 6) is 0.189. The van der Waals surface area contributed by atoms with E-state index < -0.39 is 0 Å². The van der Waals surface area contributed by atoms with Gasteiger partial charge in [0.15, 0.2) is 5.13 Å². The van der Waals surface area contributed by atoms with Gasteiger partial charge in [-0.05, 0) is 55.8 Å². The number of rotatable bonds is 8. The van der Waals surface area contributed by atoms with Gasteiger partial charge in [0.05, 0.1) is 24.4 Å². The first-order valence-electron chi connectivity index (χ1n) is 12.4. The monoisotopic (exact) mass is 540 g/mol. The van der Waals surface area contributed by atoms with Gasteiger partial charge in [0.1, 0.15) is 33.9 Å². The maximum atomic E-state index is 13.5. The Balaban J connectivity index is 1.52. The van der Waals surface area contributed by atoms with Crippen LogP contribution in [0.25, 0.3) is 28.0 Å². The average Bonchev–Trinajstić information content (AvgIpc) is 3.55. The summed E-state index contributed by atoms with van der Waals surface area (Å²) in [5, 5.41) is 10.4. The van der Waals surface area contributed by atoms with Crippen molar-refractivity contribution in [3.05, 3.63) is 83.0 Å². The predicted octanol–water partition coefficient (Wildman–Crippen LogP) is 5.97. The van der Waals surface area contributed by atoms with Gasteiger partial charge in [-0.3, -0.25) is 14.2 Å². The second-order valence-electron chi connectivity index (χ2n) is 8.75. The fourth-order valence-corrected chi connectivity index (χ4v) is 5.17. The number of nitrogens with zero attached hydrogens (tertiary/aromatic N) is 6. The number of halogens is 1. The van der Waals surface area contributed by atoms with E-state index >= 15 is 0 Å². The number of carbonyl (C=O) groups excluding carboxylic acids is 1. The first kappa shape index (κ1) is 26.0. The maximum absolute atomic E-state index is 13.5. The molecule has 0 aliphatic heterocycles. The summed E-state index contributed by atoms with van der Waals surface area (Å²) in [6, 6.07) is 15.9. The molecule has 0 saturated heterocycles. The molecule has 0 bridgehead atoms. The molecular weight excluding hydrogens is 515 g/mol. The van der Waals surface area contributed by atoms with Crippen LogP contribution in [-0.2, 0) is 22.4 Å². The number of aryl methyl sites for hydroxylation is 1. The van der Waals surface area contributed by atoms with Crippen molar-refractivity contribution < 1.29 is 13.9 Å². The van der Waals surface area contributed by atoms with Crippen molar-refractivity contribution in [3.8, 4) is 28.5 Å². The minimum atomic E-state index is -0.345. The lowest BCUT2D eigenvalue weighted by atomic mass is 10.1. The highest BCUT2D eigenvalue weighted by atomic mass is 32.1. The van der Waals surface area contributed by atoms with E-state index in [0.717, 1.165) is 28.3 Å². The van der Waals surface area contributed by atoms with Crippen LogP contribution in [0.2, 0.25) is 0 Å². The minimum Gasteiger partial charge on any atom is -0.466 e. The number of fused-ring (bicyclic) bond motifs is 1. The average molecular weight is 541 g/mol. The van der Waals surface area contributed by atoms with Crippen LogP contribution in [0.15, 0.2) is 60.9 Å². The highest BCUT2D eigenvalue weighted by Gasteiger charge is 2.22. The van der Waals surface area contributed by atoms with Gasteiger partial charge in [-0.2, -0.15) is 5.26 Å². The molecule has 0 amide bonds. The van der Waals surface area contributed by atoms with E-state index in [1.54, 1.807) is 25.3 Å². The van der Waals surface area contributed by atoms with Crippen LogP contribution in [0.5, 0.6) is 0 Å². The highest BCUT2D eigenvalue weighted by Crippen LogP contribution is 2.37. The molecule has 0 aliphatic carbocycles. The van der Waals surface area contributed by atoms with Crippen LogP contribution in [0.3, 0.4) is 0 Å². The number of hydrogen-bond donors (Lipinski definition) is 0. The van der Waals surface area contributed by atoms with Gasteiger partial charge in [-0.15, -0.1) is 0 Å². The van der Waals surface area contributed by atoms with Crippen LogP contribution in [0.4, 0.5) is 15.3 Å². The molecule has 4 heterocycles. The summed E-state index contributed by atoms with van der Waals surface area (Å²) >= 11 is 1.27. The van der Waals surface area contributed by atoms with Gasteiger partial charge in [0.25, 0.3) is 0 Å². The zero-order valence-corrected chi connectivity index (χ0v) is 22.5. The van der Waals surface area contributed by atoms with Crippen molar-refractivity contribution in [2.45, 2.75) is 26.7 Å². The standard InChI is InChI=1S/C29H25FN6O2S/c1-4-23-28(35(3)29-34-27(24(15-31)39-29)18-6-10-21(30)11-7-18)36-17-20(9-13-25(36)33-23)19-8-12-22(32-16-19)14-26(37)38-5-2/h6-13,16-17H,4-5,14H2,1-3H3. The lowest BCUT2D eigenvalue weighted by Gasteiger charge is -2.17. The zero-order valence-electron chi connectivity index (χ0n) is 21.7. The predicted molar refractivity (Wildman–Crippen MR) is 148 cm³/mol. The second-order valence-corrected chi connectivity index (χ2v) is 9.73. The molecule has 10 heteroatoms. The lowest BCUT2D eigenvalue weighted by molar-refractivity contribution is -0.142. The topological polar surface area (TPSA) is 96.4 Å². The molecule has 39 heavy (non-hydrogen) atoms. The summed E-state index contributed by atoms with van der Waals surface area (Å²) in [5.41, 5.74) is 5.32. The number of aromatic nitrogens is 4. The van der Waals surface area contributed by atoms with E-state index in [1.165, 1.54) is 23.5 Å². The number of imidazole rings is 1. The van der Waals surface area contributed by atoms with E-state index in [0.29, 0.717) is 40.0 Å². The molecular formula is C29H25FN6O2S. The van der Waals surface area contributed by atoms with Crippen molar-refractivity contribution >= 4 is 33.9 Å². The van der Waals surface area contributed by atoms with Crippen LogP contribution in [0.1, 0.15) is 30.1 Å². The molecule has 0 aliphatic rings. The quantitative estimate of drug-likeness (QED) is 0.224. The Hall–Kier alpha value is -4.62. The number of esters is 1. The van der Waals surface area contributed by atoms with Crippen molar-refractivity contribution in [2.75, 3.05) is 18.6 Å². The van der Waals surface area contributed by atoms with Crippen LogP contribution in [-0.4, -0.2) is 39.0 Å². The van der Waals surface area contributed by atoms with E-state index in [9.17, 15) is 14.4 Å². The minimum absolute atomic E-state index is 0.127. The molecule has 5 rings (SSSR count). The molecule has 8 nitrogen and oxygen atoms in total. The number of pyridine rings is 2. The third kappa shape index (κ3) is 5.22. The first-order chi connectivity index (χ1) is 18.9. The fraction of sp³-hybridized carbons (Fsp3) is 0.207. The molecule has 0 N–H and O–H groups in total. The molecule has 0 atom stereocenters. The lowest BCUT2D eigenvalue weighted by Crippen LogP contribution is -2.13. The van der Waals surface area contributed by atoms with E-state index in [-0.39, 0.29) is 18.2 Å². The molecule has 1 aromatic carbocycles. The summed E-state index contributed by atoms with van der Waals surface area (Å²) in [6.45, 7) is 4.15. The Morgan fingerprint density at radius 2 is 1.82 bits per heavy atom. The smallest absolute Gasteiger partial charge is 0.311 e. The van der Waals surface area contributed by atoms with Crippen molar-refractivity contribution in [1.29, 1.82) is 5.26 Å². The number of carbonyl (C=O) groups is 1. The molecule has 196 valence electrons. The molecule has 0 radical (unpaired) electrons. The molecule has 5 aromatic rings. The Morgan fingerprint density at radius 3 is 2.49 bits per heavy atom. The summed E-state index contributed by atoms with van der Waals surface area (Å²) < 4.78 is 20.5. The van der Waals surface area contributed by atoms with Crippen molar-refractivity contribution in [3.63, 3.8) is 0 Å². The molecule has 0 saturated carbocycles. The van der Waals surface area contributed by atoms with Crippen LogP contribution >= 0.6 is 11.3 Å². The molecule has 0 spiro atoms. The van der Waals surface area contributed by atoms with Crippen molar-refractivity contribution in [2.24, 2.45) is 0 Å². The van der Waals surface area contributed by atoms with Crippen LogP contribution in [0, 0.1) is 17.1 Å². The Morgan fingerprint density at radius 1 is 1.08 bits per heavy atom. The number of hydrogen-bond acceptors (Lipinski definition) is 8. The number of benzene rings is 1. The fourth-order valence-electron chi connectivity index (χ4n) is 4.33. The third-order valence-electron chi connectivity index (χ3n) is 6.23. The molecule has 4 aromatic heterocycles. The van der Waals surface area contributed by atoms with Gasteiger partial charge in [0, 0.05) is 36.1 Å². The highest BCUT2D eigenvalue weighted by molar-refractivity contribution is 7.16. The number of thiazole rings is 1. The van der Waals surface area contributed by atoms with Gasteiger partial charge in [0.2, 0.25) is 0 Å². The van der Waals surface area contributed by atoms with E-state index in [2.05, 4.69) is 11.1 Å². The van der Waals surface area contributed by atoms with Crippen LogP contribution < -0.4 is 4.90 Å². The molecule has 0 fully saturated rings. The Labute approximate surface area is 229 Å². The summed E-state index contributed by atoms with van der Waals surface area (Å²) in [6.07, 6.45) is 4.56.